The molecule has 70 valence electrons. The fraction of sp³-hybridized carbons (Fsp3) is 0.200. The second-order valence-corrected chi connectivity index (χ2v) is 3.08. The number of phenolic OH excluding ortho intramolecular Hbond substituents is 1. The van der Waals surface area contributed by atoms with E-state index in [1.165, 1.54) is 0 Å². The maximum atomic E-state index is 9.15. The summed E-state index contributed by atoms with van der Waals surface area (Å²) in [5, 5.41) is 12.5. The molecule has 0 aliphatic carbocycles. The summed E-state index contributed by atoms with van der Waals surface area (Å²) in [6.45, 7) is 0.818. The maximum absolute atomic E-state index is 9.15. The first-order chi connectivity index (χ1) is 6.24. The predicted octanol–water partition coefficient (Wildman–Crippen LogP) is 2.28. The summed E-state index contributed by atoms with van der Waals surface area (Å²) >= 11 is 5.73. The molecule has 0 aromatic heterocycles. The molecule has 0 amide bonds. The average molecular weight is 198 g/mol. The van der Waals surface area contributed by atoms with Crippen LogP contribution in [0, 0.1) is 0 Å². The summed E-state index contributed by atoms with van der Waals surface area (Å²) in [6.07, 6.45) is 3.94. The number of halogens is 1. The highest BCUT2D eigenvalue weighted by Crippen LogP contribution is 2.23. The third kappa shape index (κ3) is 3.09. The van der Waals surface area contributed by atoms with Crippen LogP contribution in [0.4, 0.5) is 0 Å². The molecule has 2 N–H and O–H groups in total. The van der Waals surface area contributed by atoms with Crippen LogP contribution >= 0.6 is 11.6 Å². The molecule has 0 unspecified atom stereocenters. The topological polar surface area (TPSA) is 32.3 Å². The quantitative estimate of drug-likeness (QED) is 0.779. The molecule has 0 saturated heterocycles. The van der Waals surface area contributed by atoms with E-state index in [0.717, 1.165) is 12.1 Å². The van der Waals surface area contributed by atoms with Gasteiger partial charge in [-0.25, -0.2) is 0 Å². The highest BCUT2D eigenvalue weighted by Gasteiger charge is 1.96. The molecule has 13 heavy (non-hydrogen) atoms. The average Bonchev–Trinajstić information content (AvgIpc) is 2.12. The van der Waals surface area contributed by atoms with Crippen molar-refractivity contribution in [2.45, 2.75) is 0 Å². The van der Waals surface area contributed by atoms with Gasteiger partial charge in [0, 0.05) is 6.54 Å². The predicted molar refractivity (Wildman–Crippen MR) is 56.1 cm³/mol. The monoisotopic (exact) mass is 197 g/mol. The Balaban J connectivity index is 2.73. The van der Waals surface area contributed by atoms with Crippen molar-refractivity contribution >= 4 is 17.7 Å². The summed E-state index contributed by atoms with van der Waals surface area (Å²) in [5.74, 6) is 0.118. The Morgan fingerprint density at radius 2 is 2.31 bits per heavy atom. The molecule has 0 saturated carbocycles. The summed E-state index contributed by atoms with van der Waals surface area (Å²) in [4.78, 5) is 0. The summed E-state index contributed by atoms with van der Waals surface area (Å²) in [5.41, 5.74) is 0.984. The molecule has 0 atom stereocenters. The van der Waals surface area contributed by atoms with Crippen molar-refractivity contribution in [2.24, 2.45) is 0 Å². The lowest BCUT2D eigenvalue weighted by Gasteiger charge is -1.97. The van der Waals surface area contributed by atoms with Crippen LogP contribution in [0.3, 0.4) is 0 Å². The van der Waals surface area contributed by atoms with E-state index < -0.39 is 0 Å². The third-order valence-electron chi connectivity index (χ3n) is 1.60. The smallest absolute Gasteiger partial charge is 0.134 e. The number of aromatic hydroxyl groups is 1. The molecule has 0 fully saturated rings. The zero-order valence-corrected chi connectivity index (χ0v) is 8.17. The van der Waals surface area contributed by atoms with Gasteiger partial charge in [0.2, 0.25) is 0 Å². The van der Waals surface area contributed by atoms with E-state index in [9.17, 15) is 0 Å². The summed E-state index contributed by atoms with van der Waals surface area (Å²) < 4.78 is 0. The second kappa shape index (κ2) is 4.90. The first-order valence-corrected chi connectivity index (χ1v) is 4.41. The van der Waals surface area contributed by atoms with Crippen molar-refractivity contribution in [1.82, 2.24) is 5.32 Å². The number of hydrogen-bond acceptors (Lipinski definition) is 2. The third-order valence-corrected chi connectivity index (χ3v) is 1.91. The molecule has 0 spiro atoms. The van der Waals surface area contributed by atoms with Gasteiger partial charge in [0.1, 0.15) is 5.75 Å². The number of rotatable bonds is 3. The molecule has 1 aromatic carbocycles. The molecule has 0 aliphatic rings. The van der Waals surface area contributed by atoms with Gasteiger partial charge in [-0.3, -0.25) is 0 Å². The summed E-state index contributed by atoms with van der Waals surface area (Å²) in [6, 6.07) is 5.12. The fourth-order valence-electron chi connectivity index (χ4n) is 0.940. The Kier molecular flexibility index (Phi) is 3.80. The van der Waals surface area contributed by atoms with Gasteiger partial charge < -0.3 is 10.4 Å². The van der Waals surface area contributed by atoms with Gasteiger partial charge in [-0.2, -0.15) is 0 Å². The Bertz CT molecular complexity index is 310. The van der Waals surface area contributed by atoms with Gasteiger partial charge >= 0.3 is 0 Å². The highest BCUT2D eigenvalue weighted by atomic mass is 35.5. The van der Waals surface area contributed by atoms with Gasteiger partial charge in [-0.05, 0) is 24.7 Å². The van der Waals surface area contributed by atoms with E-state index in [1.807, 2.05) is 25.3 Å². The van der Waals surface area contributed by atoms with Crippen LogP contribution in [0.2, 0.25) is 5.02 Å². The minimum Gasteiger partial charge on any atom is -0.506 e. The molecule has 3 heteroatoms. The van der Waals surface area contributed by atoms with E-state index in [2.05, 4.69) is 5.32 Å². The first-order valence-electron chi connectivity index (χ1n) is 4.03. The molecular formula is C10H12ClNO. The molecule has 2 nitrogen and oxygen atoms in total. The van der Waals surface area contributed by atoms with E-state index in [1.54, 1.807) is 12.1 Å². The number of likely N-dealkylation sites (N-methyl/N-ethyl adjacent to an activating group) is 1. The molecule has 0 bridgehead atoms. The second-order valence-electron chi connectivity index (χ2n) is 2.67. The van der Waals surface area contributed by atoms with Crippen LogP contribution in [0.5, 0.6) is 5.75 Å². The summed E-state index contributed by atoms with van der Waals surface area (Å²) in [7, 11) is 1.88. The van der Waals surface area contributed by atoms with Crippen LogP contribution in [-0.4, -0.2) is 18.7 Å². The lowest BCUT2D eigenvalue weighted by molar-refractivity contribution is 0.475. The van der Waals surface area contributed by atoms with Crippen LogP contribution in [0.1, 0.15) is 5.56 Å². The van der Waals surface area contributed by atoms with Crippen LogP contribution < -0.4 is 5.32 Å². The first kappa shape index (κ1) is 10.1. The minimum atomic E-state index is 0.118. The zero-order valence-electron chi connectivity index (χ0n) is 7.42. The standard InChI is InChI=1S/C10H12ClNO/c1-12-6-2-3-8-4-5-10(13)9(11)7-8/h2-5,7,12-13H,6H2,1H3. The number of hydrogen-bond donors (Lipinski definition) is 2. The van der Waals surface area contributed by atoms with Crippen molar-refractivity contribution in [2.75, 3.05) is 13.6 Å². The van der Waals surface area contributed by atoms with Gasteiger partial charge in [0.25, 0.3) is 0 Å². The molecular weight excluding hydrogens is 186 g/mol. The SMILES string of the molecule is CNCC=Cc1ccc(O)c(Cl)c1. The van der Waals surface area contributed by atoms with Crippen molar-refractivity contribution in [1.29, 1.82) is 0 Å². The highest BCUT2D eigenvalue weighted by molar-refractivity contribution is 6.32. The normalized spacial score (nSPS) is 10.9. The molecule has 0 radical (unpaired) electrons. The van der Waals surface area contributed by atoms with Gasteiger partial charge in [0.15, 0.2) is 0 Å². The van der Waals surface area contributed by atoms with Crippen LogP contribution in [0.25, 0.3) is 6.08 Å². The van der Waals surface area contributed by atoms with E-state index in [0.29, 0.717) is 5.02 Å². The van der Waals surface area contributed by atoms with E-state index in [-0.39, 0.29) is 5.75 Å². The van der Waals surface area contributed by atoms with Crippen molar-refractivity contribution in [3.05, 3.63) is 34.9 Å². The minimum absolute atomic E-state index is 0.118. The molecule has 1 rings (SSSR count). The van der Waals surface area contributed by atoms with E-state index in [4.69, 9.17) is 16.7 Å². The lowest BCUT2D eigenvalue weighted by Crippen LogP contribution is -2.03. The van der Waals surface area contributed by atoms with Crippen LogP contribution in [0.15, 0.2) is 24.3 Å². The number of benzene rings is 1. The Morgan fingerprint density at radius 1 is 1.54 bits per heavy atom. The van der Waals surface area contributed by atoms with Gasteiger partial charge in [0.05, 0.1) is 5.02 Å². The Labute approximate surface area is 82.8 Å². The molecule has 1 aromatic rings. The van der Waals surface area contributed by atoms with Gasteiger partial charge in [-0.1, -0.05) is 29.8 Å². The molecule has 0 heterocycles. The van der Waals surface area contributed by atoms with Crippen LogP contribution in [-0.2, 0) is 0 Å². The largest absolute Gasteiger partial charge is 0.506 e. The zero-order chi connectivity index (χ0) is 9.68. The number of nitrogens with one attached hydrogen (secondary N) is 1. The van der Waals surface area contributed by atoms with Crippen molar-refractivity contribution in [3.8, 4) is 5.75 Å². The lowest BCUT2D eigenvalue weighted by atomic mass is 10.2. The van der Waals surface area contributed by atoms with Crippen molar-refractivity contribution in [3.63, 3.8) is 0 Å². The molecule has 0 aliphatic heterocycles. The maximum Gasteiger partial charge on any atom is 0.134 e. The fourth-order valence-corrected chi connectivity index (χ4v) is 1.13. The van der Waals surface area contributed by atoms with E-state index >= 15 is 0 Å². The van der Waals surface area contributed by atoms with Gasteiger partial charge in [-0.15, -0.1) is 0 Å². The number of phenols is 1. The van der Waals surface area contributed by atoms with Crippen molar-refractivity contribution < 1.29 is 5.11 Å². The Hall–Kier alpha value is -0.990. The Morgan fingerprint density at radius 3 is 2.92 bits per heavy atom.